The molecule has 2 saturated heterocycles. The number of ether oxygens (including phenoxy) is 4. The normalized spacial score (nSPS) is 30.1. The predicted octanol–water partition coefficient (Wildman–Crippen LogP) is 2.88. The van der Waals surface area contributed by atoms with Crippen LogP contribution in [0.5, 0.6) is 0 Å². The summed E-state index contributed by atoms with van der Waals surface area (Å²) in [6, 6.07) is 9.29. The fourth-order valence-corrected chi connectivity index (χ4v) is 6.58. The van der Waals surface area contributed by atoms with Gasteiger partial charge in [0, 0.05) is 25.3 Å². The van der Waals surface area contributed by atoms with Crippen molar-refractivity contribution in [1.29, 1.82) is 0 Å². The minimum absolute atomic E-state index is 0.123. The second-order valence-electron chi connectivity index (χ2n) is 13.1. The van der Waals surface area contributed by atoms with Gasteiger partial charge >= 0.3 is 29.8 Å². The zero-order chi connectivity index (χ0) is 36.9. The van der Waals surface area contributed by atoms with Gasteiger partial charge in [-0.25, -0.2) is 19.2 Å². The Labute approximate surface area is 284 Å². The maximum atomic E-state index is 13.0. The Morgan fingerprint density at radius 1 is 1.04 bits per heavy atom. The smallest absolute Gasteiger partial charge is 0.344 e. The summed E-state index contributed by atoms with van der Waals surface area (Å²) in [5.41, 5.74) is -6.27. The number of hydrogen-bond acceptors (Lipinski definition) is 11. The molecule has 0 aromatic heterocycles. The minimum Gasteiger partial charge on any atom is -0.479 e. The lowest BCUT2D eigenvalue weighted by molar-refractivity contribution is -0.374. The standard InChI is InChI=1S/C35H46O14/c1-7-19(2)17-20(3)13-14-25(37)47-28-27(38)33(48-29(30(39)40)34(45,31(41)42)35(28,49-33)32(43)44)16-15-21(4)26(46-23(6)36)22(5)18-24-11-9-8-10-12-24/h8-14,19-20,22,26-29,38,45H,4,7,15-18H2,1-3,5-6H3,(H,39,40)(H,41,42)(H,43,44)/b14-13+/t19-,20+,22+,26+,27+,28+,29+,33-,34+,35-/m0/s1/i1+1,14+1,16+1,19+1,20+1,21+1,22+1,27+1,29+1,30+1,31+1,34+1,35+1. The molecule has 14 heteroatoms. The minimum atomic E-state index is -3.90. The Morgan fingerprint density at radius 2 is 1.67 bits per heavy atom. The van der Waals surface area contributed by atoms with Crippen LogP contribution in [-0.2, 0) is 49.3 Å². The first-order chi connectivity index (χ1) is 22.9. The number of esters is 2. The van der Waals surface area contributed by atoms with Gasteiger partial charge in [-0.05, 0) is 42.2 Å². The van der Waals surface area contributed by atoms with E-state index in [2.05, 4.69) is 6.58 Å². The van der Waals surface area contributed by atoms with Crippen LogP contribution in [0.1, 0.15) is 65.9 Å². The maximum Gasteiger partial charge on any atom is 0.344 e. The lowest BCUT2D eigenvalue weighted by Crippen LogP contribution is -2.78. The van der Waals surface area contributed by atoms with E-state index in [0.717, 1.165) is 18.1 Å². The van der Waals surface area contributed by atoms with E-state index in [1.54, 1.807) is 6.92 Å². The number of hydrogen-bond donors (Lipinski definition) is 5. The molecule has 2 fully saturated rings. The fourth-order valence-electron chi connectivity index (χ4n) is 6.58. The third-order valence-corrected chi connectivity index (χ3v) is 9.29. The van der Waals surface area contributed by atoms with Gasteiger partial charge in [0.2, 0.25) is 23.1 Å². The molecule has 0 spiro atoms. The van der Waals surface area contributed by atoms with Gasteiger partial charge in [-0.3, -0.25) is 4.79 Å². The van der Waals surface area contributed by atoms with E-state index in [-0.39, 0.29) is 23.8 Å². The van der Waals surface area contributed by atoms with Gasteiger partial charge < -0.3 is 44.5 Å². The molecule has 0 radical (unpaired) electrons. The van der Waals surface area contributed by atoms with Crippen LogP contribution in [-0.4, -0.2) is 96.8 Å². The first-order valence-electron chi connectivity index (χ1n) is 16.1. The van der Waals surface area contributed by atoms with E-state index >= 15 is 0 Å². The van der Waals surface area contributed by atoms with Gasteiger partial charge in [-0.2, -0.15) is 0 Å². The van der Waals surface area contributed by atoms with Crippen LogP contribution in [0.3, 0.4) is 0 Å². The number of aliphatic hydroxyl groups excluding tert-OH is 1. The van der Waals surface area contributed by atoms with E-state index in [0.29, 0.717) is 18.8 Å². The zero-order valence-corrected chi connectivity index (χ0v) is 28.2. The Bertz CT molecular complexity index is 1440. The lowest BCUT2D eigenvalue weighted by atomic mass is 10.1. The van der Waals surface area contributed by atoms with Gasteiger partial charge in [-0.1, -0.05) is 77.1 Å². The maximum absolute atomic E-state index is 13.0. The van der Waals surface area contributed by atoms with Crippen molar-refractivity contribution in [3.8, 4) is 0 Å². The van der Waals surface area contributed by atoms with Crippen LogP contribution < -0.4 is 0 Å². The number of carboxylic acid groups (broad SMARTS) is 3. The third-order valence-electron chi connectivity index (χ3n) is 9.29. The number of carbonyl (C=O) groups is 5. The van der Waals surface area contributed by atoms with Crippen LogP contribution >= 0.6 is 0 Å². The molecule has 0 aliphatic carbocycles. The molecule has 270 valence electrons. The average Bonchev–Trinajstić information content (AvgIpc) is 3.25. The Morgan fingerprint density at radius 3 is 2.20 bits per heavy atom. The second kappa shape index (κ2) is 15.6. The first-order valence-corrected chi connectivity index (χ1v) is 16.1. The molecule has 0 saturated carbocycles. The predicted molar refractivity (Wildman–Crippen MR) is 171 cm³/mol. The molecule has 5 N–H and O–H groups in total. The van der Waals surface area contributed by atoms with Crippen LogP contribution in [0.25, 0.3) is 0 Å². The van der Waals surface area contributed by atoms with E-state index in [1.807, 2.05) is 51.1 Å². The number of aliphatic hydroxyl groups is 2. The van der Waals surface area contributed by atoms with Crippen LogP contribution in [0.4, 0.5) is 0 Å². The molecule has 1 aromatic rings. The van der Waals surface area contributed by atoms with Gasteiger partial charge in [0.15, 0.2) is 6.10 Å². The van der Waals surface area contributed by atoms with Crippen molar-refractivity contribution in [2.45, 2.75) is 108 Å². The Kier molecular flexibility index (Phi) is 12.5. The van der Waals surface area contributed by atoms with Crippen molar-refractivity contribution < 1.29 is 68.5 Å². The Balaban J connectivity index is 2.02. The number of fused-ring (bicyclic) bond motifs is 2. The zero-order valence-electron chi connectivity index (χ0n) is 28.2. The van der Waals surface area contributed by atoms with E-state index in [9.17, 15) is 49.5 Å². The SMILES string of the molecule is C=[13C](C[13CH2][C@]12O[13C@H]([13C](=O)O)[13C@@](O)([13C](=O)O)[13C@](C(=O)O)(O1)[C@H](OC(=O)/[13CH]=C/[13C@@H](C)C[13C@@H](C)C[13CH3])[13C@H]2O)[C@@H](OC(C)=O)[13C@H](C)Cc1ccccc1. The molecule has 0 amide bonds. The lowest BCUT2D eigenvalue weighted by Gasteiger charge is -2.48. The van der Waals surface area contributed by atoms with Crippen molar-refractivity contribution >= 4 is 29.8 Å². The number of rotatable bonds is 17. The number of carboxylic acids is 3. The highest BCUT2D eigenvalue weighted by atomic mass is 16.9. The van der Waals surface area contributed by atoms with Crippen LogP contribution in [0.2, 0.25) is 0 Å². The molecule has 1 aromatic carbocycles. The highest BCUT2D eigenvalue weighted by Crippen LogP contribution is 2.56. The summed E-state index contributed by atoms with van der Waals surface area (Å²) in [4.78, 5) is 63.0. The molecule has 2 aliphatic heterocycles. The van der Waals surface area contributed by atoms with Gasteiger partial charge in [0.05, 0.1) is 0 Å². The van der Waals surface area contributed by atoms with Crippen molar-refractivity contribution in [3.63, 3.8) is 0 Å². The molecule has 2 heterocycles. The molecule has 2 bridgehead atoms. The van der Waals surface area contributed by atoms with Gasteiger partial charge in [-0.15, -0.1) is 0 Å². The molecule has 10 atom stereocenters. The molecular weight excluding hydrogens is 657 g/mol. The fraction of sp³-hybridized carbons (Fsp3) is 0.571. The van der Waals surface area contributed by atoms with Crippen LogP contribution in [0.15, 0.2) is 54.6 Å². The molecule has 2 aliphatic rings. The molecule has 3 rings (SSSR count). The summed E-state index contributed by atoms with van der Waals surface area (Å²) in [6.45, 7) is 12.9. The average molecular weight is 704 g/mol. The van der Waals surface area contributed by atoms with E-state index in [4.69, 9.17) is 18.9 Å². The Hall–Kier alpha value is -4.11. The van der Waals surface area contributed by atoms with Gasteiger partial charge in [0.1, 0.15) is 12.2 Å². The topological polar surface area (TPSA) is 223 Å². The van der Waals surface area contributed by atoms with Crippen molar-refractivity contribution in [2.75, 3.05) is 0 Å². The third kappa shape index (κ3) is 7.88. The molecule has 14 nitrogen and oxygen atoms in total. The van der Waals surface area contributed by atoms with Crippen molar-refractivity contribution in [1.82, 2.24) is 0 Å². The summed E-state index contributed by atoms with van der Waals surface area (Å²) in [6.07, 6.45) is -4.83. The first kappa shape index (κ1) is 39.3. The van der Waals surface area contributed by atoms with Gasteiger partial charge in [0.25, 0.3) is 0 Å². The number of carbonyl (C=O) groups excluding carboxylic acids is 2. The second-order valence-corrected chi connectivity index (χ2v) is 13.1. The molecule has 0 unspecified atom stereocenters. The summed E-state index contributed by atoms with van der Waals surface area (Å²) in [5, 5.41) is 53.5. The quantitative estimate of drug-likeness (QED) is 0.0681. The van der Waals surface area contributed by atoms with E-state index in [1.165, 1.54) is 13.0 Å². The van der Waals surface area contributed by atoms with Crippen molar-refractivity contribution in [2.24, 2.45) is 17.8 Å². The van der Waals surface area contributed by atoms with Crippen LogP contribution in [0, 0.1) is 17.8 Å². The number of aliphatic carboxylic acids is 3. The molecule has 49 heavy (non-hydrogen) atoms. The summed E-state index contributed by atoms with van der Waals surface area (Å²) in [5.74, 6) is -11.3. The highest BCUT2D eigenvalue weighted by Gasteiger charge is 2.85. The number of allylic oxidation sites excluding steroid dienone is 1. The van der Waals surface area contributed by atoms with Crippen molar-refractivity contribution in [3.05, 3.63) is 60.2 Å². The summed E-state index contributed by atoms with van der Waals surface area (Å²) >= 11 is 0. The number of benzene rings is 1. The largest absolute Gasteiger partial charge is 0.479 e. The monoisotopic (exact) mass is 703 g/mol. The highest BCUT2D eigenvalue weighted by molar-refractivity contribution is 5.98. The summed E-state index contributed by atoms with van der Waals surface area (Å²) in [7, 11) is 0. The van der Waals surface area contributed by atoms with E-state index < -0.39 is 77.7 Å². The molecular formula is C35H46O14. The summed E-state index contributed by atoms with van der Waals surface area (Å²) < 4.78 is 22.0.